The van der Waals surface area contributed by atoms with Gasteiger partial charge in [-0.3, -0.25) is 9.59 Å². The highest BCUT2D eigenvalue weighted by atomic mass is 35.5. The largest absolute Gasteiger partial charge is 0.490 e. The first kappa shape index (κ1) is 18.3. The van der Waals surface area contributed by atoms with Crippen LogP contribution in [0.3, 0.4) is 0 Å². The van der Waals surface area contributed by atoms with Crippen LogP contribution in [0.1, 0.15) is 29.7 Å². The van der Waals surface area contributed by atoms with Crippen LogP contribution in [0.15, 0.2) is 36.4 Å². The van der Waals surface area contributed by atoms with E-state index in [0.717, 1.165) is 22.4 Å². The molecule has 5 nitrogen and oxygen atoms in total. The second-order valence-electron chi connectivity index (χ2n) is 6.36. The van der Waals surface area contributed by atoms with Crippen molar-refractivity contribution < 1.29 is 14.3 Å². The zero-order valence-electron chi connectivity index (χ0n) is 15.0. The summed E-state index contributed by atoms with van der Waals surface area (Å²) < 4.78 is 5.74. The van der Waals surface area contributed by atoms with Gasteiger partial charge in [0, 0.05) is 12.5 Å². The standard InChI is InChI=1S/C20H21ClN2O3/c1-12-8-9-13(2)19-17(12)18(22-14(3)24)20(25)23(19)10-11-26-16-7-5-4-6-15(16)21/h4-9,18H,10-11H2,1-3H3,(H,22,24)/t18-/m0/s1. The molecule has 26 heavy (non-hydrogen) atoms. The third-order valence-corrected chi connectivity index (χ3v) is 4.78. The number of nitrogens with zero attached hydrogens (tertiary/aromatic N) is 1. The SMILES string of the molecule is CC(=O)N[C@@H]1C(=O)N(CCOc2ccccc2Cl)c2c(C)ccc(C)c21. The minimum Gasteiger partial charge on any atom is -0.490 e. The van der Waals surface area contributed by atoms with Crippen molar-refractivity contribution in [2.75, 3.05) is 18.1 Å². The number of para-hydroxylation sites is 1. The molecule has 6 heteroatoms. The average molecular weight is 373 g/mol. The van der Waals surface area contributed by atoms with E-state index in [2.05, 4.69) is 5.32 Å². The predicted octanol–water partition coefficient (Wildman–Crippen LogP) is 3.56. The second kappa shape index (κ2) is 7.38. The Morgan fingerprint density at radius 1 is 1.19 bits per heavy atom. The number of carbonyl (C=O) groups excluding carboxylic acids is 2. The number of amides is 2. The zero-order chi connectivity index (χ0) is 18.8. The fourth-order valence-corrected chi connectivity index (χ4v) is 3.49. The molecule has 0 aliphatic carbocycles. The third-order valence-electron chi connectivity index (χ3n) is 4.47. The van der Waals surface area contributed by atoms with Gasteiger partial charge in [-0.25, -0.2) is 0 Å². The highest BCUT2D eigenvalue weighted by molar-refractivity contribution is 6.32. The maximum absolute atomic E-state index is 12.9. The number of nitrogens with one attached hydrogen (secondary N) is 1. The number of hydrogen-bond donors (Lipinski definition) is 1. The molecule has 0 unspecified atom stereocenters. The second-order valence-corrected chi connectivity index (χ2v) is 6.77. The van der Waals surface area contributed by atoms with Crippen LogP contribution < -0.4 is 15.0 Å². The summed E-state index contributed by atoms with van der Waals surface area (Å²) in [5, 5.41) is 3.30. The minimum absolute atomic E-state index is 0.143. The van der Waals surface area contributed by atoms with Gasteiger partial charge in [0.1, 0.15) is 18.4 Å². The first-order valence-electron chi connectivity index (χ1n) is 8.46. The molecule has 0 saturated carbocycles. The maximum Gasteiger partial charge on any atom is 0.254 e. The number of rotatable bonds is 5. The van der Waals surface area contributed by atoms with Crippen LogP contribution in [0.4, 0.5) is 5.69 Å². The topological polar surface area (TPSA) is 58.6 Å². The van der Waals surface area contributed by atoms with Gasteiger partial charge in [-0.1, -0.05) is 35.9 Å². The lowest BCUT2D eigenvalue weighted by molar-refractivity contribution is -0.126. The van der Waals surface area contributed by atoms with Gasteiger partial charge >= 0.3 is 0 Å². The van der Waals surface area contributed by atoms with E-state index in [1.807, 2.05) is 38.1 Å². The van der Waals surface area contributed by atoms with Crippen molar-refractivity contribution >= 4 is 29.1 Å². The van der Waals surface area contributed by atoms with E-state index in [1.165, 1.54) is 6.92 Å². The molecule has 2 aromatic carbocycles. The van der Waals surface area contributed by atoms with Crippen molar-refractivity contribution in [3.63, 3.8) is 0 Å². The Morgan fingerprint density at radius 2 is 1.88 bits per heavy atom. The molecular weight excluding hydrogens is 352 g/mol. The van der Waals surface area contributed by atoms with E-state index in [-0.39, 0.29) is 11.8 Å². The van der Waals surface area contributed by atoms with Crippen LogP contribution in [-0.4, -0.2) is 25.0 Å². The fraction of sp³-hybridized carbons (Fsp3) is 0.300. The van der Waals surface area contributed by atoms with E-state index in [0.29, 0.717) is 23.9 Å². The van der Waals surface area contributed by atoms with E-state index < -0.39 is 6.04 Å². The predicted molar refractivity (Wildman–Crippen MR) is 102 cm³/mol. The summed E-state index contributed by atoms with van der Waals surface area (Å²) in [6.07, 6.45) is 0. The monoisotopic (exact) mass is 372 g/mol. The Balaban J connectivity index is 1.84. The number of halogens is 1. The van der Waals surface area contributed by atoms with Gasteiger partial charge in [0.2, 0.25) is 5.91 Å². The van der Waals surface area contributed by atoms with Gasteiger partial charge in [-0.05, 0) is 37.1 Å². The molecule has 0 aromatic heterocycles. The lowest BCUT2D eigenvalue weighted by atomic mass is 9.99. The molecule has 1 aliphatic rings. The smallest absolute Gasteiger partial charge is 0.254 e. The highest BCUT2D eigenvalue weighted by Gasteiger charge is 2.39. The molecule has 1 aliphatic heterocycles. The first-order chi connectivity index (χ1) is 12.4. The molecule has 0 saturated heterocycles. The van der Waals surface area contributed by atoms with Gasteiger partial charge in [-0.15, -0.1) is 0 Å². The summed E-state index contributed by atoms with van der Waals surface area (Å²) >= 11 is 6.10. The number of fused-ring (bicyclic) bond motifs is 1. The van der Waals surface area contributed by atoms with Crippen molar-refractivity contribution in [1.29, 1.82) is 0 Å². The number of benzene rings is 2. The summed E-state index contributed by atoms with van der Waals surface area (Å²) in [5.74, 6) is 0.208. The molecule has 1 heterocycles. The van der Waals surface area contributed by atoms with E-state index in [9.17, 15) is 9.59 Å². The van der Waals surface area contributed by atoms with Crippen LogP contribution in [-0.2, 0) is 9.59 Å². The average Bonchev–Trinajstić information content (AvgIpc) is 2.86. The highest BCUT2D eigenvalue weighted by Crippen LogP contribution is 2.40. The zero-order valence-corrected chi connectivity index (χ0v) is 15.8. The molecule has 0 fully saturated rings. The van der Waals surface area contributed by atoms with Gasteiger partial charge in [0.05, 0.1) is 17.3 Å². The van der Waals surface area contributed by atoms with Crippen molar-refractivity contribution in [1.82, 2.24) is 5.32 Å². The summed E-state index contributed by atoms with van der Waals surface area (Å²) in [5.41, 5.74) is 3.69. The van der Waals surface area contributed by atoms with Crippen LogP contribution in [0, 0.1) is 13.8 Å². The van der Waals surface area contributed by atoms with Gasteiger partial charge in [0.15, 0.2) is 0 Å². The Bertz CT molecular complexity index is 866. The Labute approximate surface area is 157 Å². The molecule has 2 amide bonds. The third kappa shape index (κ3) is 3.40. The summed E-state index contributed by atoms with van der Waals surface area (Å²) in [7, 11) is 0. The van der Waals surface area contributed by atoms with Gasteiger partial charge in [0.25, 0.3) is 5.91 Å². The Morgan fingerprint density at radius 3 is 2.58 bits per heavy atom. The first-order valence-corrected chi connectivity index (χ1v) is 8.84. The number of ether oxygens (including phenoxy) is 1. The van der Waals surface area contributed by atoms with E-state index >= 15 is 0 Å². The summed E-state index contributed by atoms with van der Waals surface area (Å²) in [4.78, 5) is 26.2. The summed E-state index contributed by atoms with van der Waals surface area (Å²) in [6, 6.07) is 10.5. The number of hydrogen-bond acceptors (Lipinski definition) is 3. The maximum atomic E-state index is 12.9. The summed E-state index contributed by atoms with van der Waals surface area (Å²) in [6.45, 7) is 6.00. The molecule has 0 radical (unpaired) electrons. The number of aryl methyl sites for hydroxylation is 2. The molecule has 2 aromatic rings. The number of carbonyl (C=O) groups is 2. The van der Waals surface area contributed by atoms with E-state index in [1.54, 1.807) is 17.0 Å². The molecular formula is C20H21ClN2O3. The van der Waals surface area contributed by atoms with Crippen molar-refractivity contribution in [3.05, 3.63) is 58.1 Å². The molecule has 1 N–H and O–H groups in total. The lowest BCUT2D eigenvalue weighted by Crippen LogP contribution is -2.38. The molecule has 1 atom stereocenters. The van der Waals surface area contributed by atoms with Crippen LogP contribution in [0.2, 0.25) is 5.02 Å². The van der Waals surface area contributed by atoms with Crippen LogP contribution in [0.5, 0.6) is 5.75 Å². The van der Waals surface area contributed by atoms with Crippen LogP contribution >= 0.6 is 11.6 Å². The fourth-order valence-electron chi connectivity index (χ4n) is 3.30. The van der Waals surface area contributed by atoms with Crippen LogP contribution in [0.25, 0.3) is 0 Å². The minimum atomic E-state index is -0.650. The molecule has 3 rings (SSSR count). The Hall–Kier alpha value is -2.53. The quantitative estimate of drug-likeness (QED) is 0.873. The normalized spacial score (nSPS) is 15.8. The van der Waals surface area contributed by atoms with Gasteiger partial charge in [-0.2, -0.15) is 0 Å². The Kier molecular flexibility index (Phi) is 5.18. The van der Waals surface area contributed by atoms with Crippen molar-refractivity contribution in [3.8, 4) is 5.75 Å². The molecule has 0 bridgehead atoms. The molecule has 0 spiro atoms. The molecule has 136 valence electrons. The van der Waals surface area contributed by atoms with E-state index in [4.69, 9.17) is 16.3 Å². The lowest BCUT2D eigenvalue weighted by Gasteiger charge is -2.20. The van der Waals surface area contributed by atoms with Crippen molar-refractivity contribution in [2.45, 2.75) is 26.8 Å². The van der Waals surface area contributed by atoms with Gasteiger partial charge < -0.3 is 15.0 Å². The van der Waals surface area contributed by atoms with Crippen molar-refractivity contribution in [2.24, 2.45) is 0 Å². The number of anilines is 1.